The standard InChI is InChI=1S/C20H21N3OS/c1-14-6-8-17(9-7-14)20-18(25-15(2)22-20)11-19(24)23(3)13-16-5-4-10-21-12-16/h4-10,12H,11,13H2,1-3H3. The molecule has 0 atom stereocenters. The Hall–Kier alpha value is -2.53. The zero-order valence-electron chi connectivity index (χ0n) is 14.7. The number of amides is 1. The molecule has 0 fully saturated rings. The summed E-state index contributed by atoms with van der Waals surface area (Å²) in [6, 6.07) is 12.1. The first-order chi connectivity index (χ1) is 12.0. The summed E-state index contributed by atoms with van der Waals surface area (Å²) in [6.07, 6.45) is 3.89. The molecule has 0 aliphatic rings. The molecule has 0 unspecified atom stereocenters. The molecule has 2 heterocycles. The second-order valence-electron chi connectivity index (χ2n) is 6.16. The quantitative estimate of drug-likeness (QED) is 0.697. The lowest BCUT2D eigenvalue weighted by Crippen LogP contribution is -2.27. The Morgan fingerprint density at radius 1 is 1.16 bits per heavy atom. The SMILES string of the molecule is Cc1ccc(-c2nc(C)sc2CC(=O)N(C)Cc2cccnc2)cc1. The van der Waals surface area contributed by atoms with Crippen LogP contribution in [0.4, 0.5) is 0 Å². The number of rotatable bonds is 5. The third kappa shape index (κ3) is 4.31. The first kappa shape index (κ1) is 17.3. The van der Waals surface area contributed by atoms with Gasteiger partial charge >= 0.3 is 0 Å². The second-order valence-corrected chi connectivity index (χ2v) is 7.45. The van der Waals surface area contributed by atoms with Gasteiger partial charge in [-0.3, -0.25) is 9.78 Å². The Kier molecular flexibility index (Phi) is 5.24. The molecule has 1 aromatic carbocycles. The van der Waals surface area contributed by atoms with E-state index in [0.717, 1.165) is 26.7 Å². The van der Waals surface area contributed by atoms with E-state index in [2.05, 4.69) is 41.2 Å². The zero-order chi connectivity index (χ0) is 17.8. The van der Waals surface area contributed by atoms with Gasteiger partial charge in [0.2, 0.25) is 5.91 Å². The maximum atomic E-state index is 12.6. The molecule has 0 N–H and O–H groups in total. The third-order valence-corrected chi connectivity index (χ3v) is 4.98. The largest absolute Gasteiger partial charge is 0.341 e. The van der Waals surface area contributed by atoms with Crippen LogP contribution in [-0.4, -0.2) is 27.8 Å². The fourth-order valence-electron chi connectivity index (χ4n) is 2.65. The number of aromatic nitrogens is 2. The Bertz CT molecular complexity index is 856. The first-order valence-electron chi connectivity index (χ1n) is 8.19. The van der Waals surface area contributed by atoms with Gasteiger partial charge in [0.05, 0.1) is 17.1 Å². The number of thiazole rings is 1. The highest BCUT2D eigenvalue weighted by Crippen LogP contribution is 2.29. The summed E-state index contributed by atoms with van der Waals surface area (Å²) < 4.78 is 0. The van der Waals surface area contributed by atoms with Crippen molar-refractivity contribution in [3.05, 3.63) is 69.8 Å². The van der Waals surface area contributed by atoms with Crippen LogP contribution >= 0.6 is 11.3 Å². The summed E-state index contributed by atoms with van der Waals surface area (Å²) >= 11 is 1.59. The van der Waals surface area contributed by atoms with Gasteiger partial charge in [0.1, 0.15) is 0 Å². The van der Waals surface area contributed by atoms with E-state index in [-0.39, 0.29) is 5.91 Å². The van der Waals surface area contributed by atoms with E-state index < -0.39 is 0 Å². The Morgan fingerprint density at radius 2 is 1.92 bits per heavy atom. The number of hydrogen-bond acceptors (Lipinski definition) is 4. The van der Waals surface area contributed by atoms with Gasteiger partial charge in [-0.1, -0.05) is 35.9 Å². The number of carbonyl (C=O) groups excluding carboxylic acids is 1. The summed E-state index contributed by atoms with van der Waals surface area (Å²) in [5, 5.41) is 0.980. The molecular weight excluding hydrogens is 330 g/mol. The number of pyridine rings is 1. The molecule has 4 nitrogen and oxygen atoms in total. The highest BCUT2D eigenvalue weighted by Gasteiger charge is 2.17. The van der Waals surface area contributed by atoms with E-state index in [4.69, 9.17) is 0 Å². The average Bonchev–Trinajstić information content (AvgIpc) is 2.96. The number of carbonyl (C=O) groups is 1. The van der Waals surface area contributed by atoms with Gasteiger partial charge in [-0.05, 0) is 25.5 Å². The van der Waals surface area contributed by atoms with Crippen molar-refractivity contribution >= 4 is 17.2 Å². The molecule has 128 valence electrons. The topological polar surface area (TPSA) is 46.1 Å². The molecule has 0 spiro atoms. The second kappa shape index (κ2) is 7.57. The van der Waals surface area contributed by atoms with Gasteiger partial charge in [0.25, 0.3) is 0 Å². The fraction of sp³-hybridized carbons (Fsp3) is 0.250. The monoisotopic (exact) mass is 351 g/mol. The predicted molar refractivity (Wildman–Crippen MR) is 101 cm³/mol. The van der Waals surface area contributed by atoms with Crippen LogP contribution in [0.15, 0.2) is 48.8 Å². The normalized spacial score (nSPS) is 10.7. The number of aryl methyl sites for hydroxylation is 2. The molecule has 0 saturated heterocycles. The lowest BCUT2D eigenvalue weighted by Gasteiger charge is -2.17. The molecule has 3 aromatic rings. The van der Waals surface area contributed by atoms with E-state index in [9.17, 15) is 4.79 Å². The summed E-state index contributed by atoms with van der Waals surface area (Å²) in [5.74, 6) is 0.0841. The van der Waals surface area contributed by atoms with Crippen molar-refractivity contribution in [2.45, 2.75) is 26.8 Å². The van der Waals surface area contributed by atoms with Crippen molar-refractivity contribution in [1.29, 1.82) is 0 Å². The first-order valence-corrected chi connectivity index (χ1v) is 9.01. The predicted octanol–water partition coefficient (Wildman–Crippen LogP) is 4.02. The van der Waals surface area contributed by atoms with E-state index in [1.807, 2.05) is 26.1 Å². The molecule has 0 aliphatic carbocycles. The van der Waals surface area contributed by atoms with E-state index in [1.54, 1.807) is 28.6 Å². The molecular formula is C20H21N3OS. The van der Waals surface area contributed by atoms with E-state index in [1.165, 1.54) is 5.56 Å². The van der Waals surface area contributed by atoms with Gasteiger partial charge in [0, 0.05) is 36.4 Å². The number of nitrogens with zero attached hydrogens (tertiary/aromatic N) is 3. The summed E-state index contributed by atoms with van der Waals surface area (Å²) in [5.41, 5.74) is 4.22. The van der Waals surface area contributed by atoms with Gasteiger partial charge < -0.3 is 4.90 Å². The number of hydrogen-bond donors (Lipinski definition) is 0. The fourth-order valence-corrected chi connectivity index (χ4v) is 3.60. The van der Waals surface area contributed by atoms with Crippen molar-refractivity contribution in [2.24, 2.45) is 0 Å². The molecule has 3 rings (SSSR count). The minimum atomic E-state index is 0.0841. The maximum Gasteiger partial charge on any atom is 0.227 e. The average molecular weight is 351 g/mol. The lowest BCUT2D eigenvalue weighted by atomic mass is 10.1. The maximum absolute atomic E-state index is 12.6. The van der Waals surface area contributed by atoms with Crippen LogP contribution in [0.25, 0.3) is 11.3 Å². The molecule has 1 amide bonds. The van der Waals surface area contributed by atoms with E-state index in [0.29, 0.717) is 13.0 Å². The van der Waals surface area contributed by atoms with Crippen molar-refractivity contribution in [3.8, 4) is 11.3 Å². The van der Waals surface area contributed by atoms with Crippen LogP contribution in [0.2, 0.25) is 0 Å². The Morgan fingerprint density at radius 3 is 2.60 bits per heavy atom. The van der Waals surface area contributed by atoms with Gasteiger partial charge in [-0.15, -0.1) is 11.3 Å². The summed E-state index contributed by atoms with van der Waals surface area (Å²) in [6.45, 7) is 4.61. The smallest absolute Gasteiger partial charge is 0.227 e. The number of likely N-dealkylation sites (N-methyl/N-ethyl adjacent to an activating group) is 1. The molecule has 0 radical (unpaired) electrons. The Balaban J connectivity index is 1.76. The van der Waals surface area contributed by atoms with Crippen LogP contribution in [0.1, 0.15) is 21.0 Å². The highest BCUT2D eigenvalue weighted by molar-refractivity contribution is 7.12. The zero-order valence-corrected chi connectivity index (χ0v) is 15.5. The molecule has 0 aliphatic heterocycles. The number of benzene rings is 1. The van der Waals surface area contributed by atoms with Crippen LogP contribution in [0.3, 0.4) is 0 Å². The minimum absolute atomic E-state index is 0.0841. The van der Waals surface area contributed by atoms with Crippen molar-refractivity contribution in [3.63, 3.8) is 0 Å². The van der Waals surface area contributed by atoms with Gasteiger partial charge in [-0.25, -0.2) is 4.98 Å². The van der Waals surface area contributed by atoms with Crippen molar-refractivity contribution in [2.75, 3.05) is 7.05 Å². The molecule has 2 aromatic heterocycles. The van der Waals surface area contributed by atoms with Crippen molar-refractivity contribution in [1.82, 2.24) is 14.9 Å². The Labute approximate surface area is 152 Å². The van der Waals surface area contributed by atoms with Crippen molar-refractivity contribution < 1.29 is 4.79 Å². The van der Waals surface area contributed by atoms with Gasteiger partial charge in [-0.2, -0.15) is 0 Å². The third-order valence-electron chi connectivity index (χ3n) is 4.01. The molecule has 25 heavy (non-hydrogen) atoms. The van der Waals surface area contributed by atoms with Gasteiger partial charge in [0.15, 0.2) is 0 Å². The van der Waals surface area contributed by atoms with E-state index >= 15 is 0 Å². The summed E-state index contributed by atoms with van der Waals surface area (Å²) in [7, 11) is 1.83. The van der Waals surface area contributed by atoms with Crippen LogP contribution in [0, 0.1) is 13.8 Å². The minimum Gasteiger partial charge on any atom is -0.341 e. The highest BCUT2D eigenvalue weighted by atomic mass is 32.1. The lowest BCUT2D eigenvalue weighted by molar-refractivity contribution is -0.129. The van der Waals surface area contributed by atoms with Crippen LogP contribution < -0.4 is 0 Å². The van der Waals surface area contributed by atoms with Crippen LogP contribution in [0.5, 0.6) is 0 Å². The molecule has 0 bridgehead atoms. The van der Waals surface area contributed by atoms with Crippen LogP contribution in [-0.2, 0) is 17.8 Å². The molecule has 0 saturated carbocycles. The summed E-state index contributed by atoms with van der Waals surface area (Å²) in [4.78, 5) is 24.2. The molecule has 5 heteroatoms.